The van der Waals surface area contributed by atoms with Gasteiger partial charge >= 0.3 is 0 Å². The second kappa shape index (κ2) is 6.00. The fourth-order valence-electron chi connectivity index (χ4n) is 4.51. The van der Waals surface area contributed by atoms with Gasteiger partial charge in [0.25, 0.3) is 0 Å². The molecule has 2 aliphatic rings. The van der Waals surface area contributed by atoms with Gasteiger partial charge in [-0.2, -0.15) is 0 Å². The third kappa shape index (κ3) is 3.11. The largest absolute Gasteiger partial charge is 0.393 e. The summed E-state index contributed by atoms with van der Waals surface area (Å²) in [6, 6.07) is 8.81. The van der Waals surface area contributed by atoms with Gasteiger partial charge in [-0.3, -0.25) is 0 Å². The molecular weight excluding hydrogens is 258 g/mol. The topological polar surface area (TPSA) is 23.5 Å². The number of rotatable bonds is 2. The van der Waals surface area contributed by atoms with Gasteiger partial charge in [0, 0.05) is 24.7 Å². The van der Waals surface area contributed by atoms with E-state index in [0.717, 1.165) is 19.5 Å². The van der Waals surface area contributed by atoms with Crippen LogP contribution in [-0.4, -0.2) is 24.3 Å². The van der Waals surface area contributed by atoms with Gasteiger partial charge in [-0.1, -0.05) is 39.0 Å². The predicted octanol–water partition coefficient (Wildman–Crippen LogP) is 3.73. The van der Waals surface area contributed by atoms with Crippen LogP contribution in [0.15, 0.2) is 24.3 Å². The first-order valence-electron chi connectivity index (χ1n) is 8.55. The Kier molecular flexibility index (Phi) is 4.26. The van der Waals surface area contributed by atoms with Crippen molar-refractivity contribution in [3.05, 3.63) is 29.8 Å². The Morgan fingerprint density at radius 1 is 1.10 bits per heavy atom. The highest BCUT2D eigenvalue weighted by Gasteiger charge is 2.35. The van der Waals surface area contributed by atoms with Crippen molar-refractivity contribution >= 4 is 5.69 Å². The molecule has 0 aromatic heterocycles. The highest BCUT2D eigenvalue weighted by Crippen LogP contribution is 2.37. The summed E-state index contributed by atoms with van der Waals surface area (Å²) in [7, 11) is 0. The zero-order valence-corrected chi connectivity index (χ0v) is 13.6. The van der Waals surface area contributed by atoms with Crippen molar-refractivity contribution in [3.8, 4) is 0 Å². The quantitative estimate of drug-likeness (QED) is 0.896. The van der Waals surface area contributed by atoms with Crippen molar-refractivity contribution in [2.75, 3.05) is 18.0 Å². The Hall–Kier alpha value is -1.02. The molecule has 21 heavy (non-hydrogen) atoms. The average molecular weight is 287 g/mol. The summed E-state index contributed by atoms with van der Waals surface area (Å²) < 4.78 is 0. The Labute approximate surface area is 129 Å². The fraction of sp³-hybridized carbons (Fsp3) is 0.684. The Morgan fingerprint density at radius 2 is 1.86 bits per heavy atom. The first-order valence-corrected chi connectivity index (χ1v) is 8.55. The Balaban J connectivity index is 1.78. The van der Waals surface area contributed by atoms with Crippen molar-refractivity contribution in [2.45, 2.75) is 46.1 Å². The van der Waals surface area contributed by atoms with Gasteiger partial charge in [0.15, 0.2) is 0 Å². The number of aliphatic hydroxyl groups is 1. The molecule has 0 amide bonds. The van der Waals surface area contributed by atoms with Crippen LogP contribution in [0.4, 0.5) is 5.69 Å². The molecule has 1 aromatic carbocycles. The lowest BCUT2D eigenvalue weighted by atomic mass is 9.73. The molecule has 1 N–H and O–H groups in total. The van der Waals surface area contributed by atoms with Crippen LogP contribution in [0.25, 0.3) is 0 Å². The molecule has 0 bridgehead atoms. The van der Waals surface area contributed by atoms with E-state index in [2.05, 4.69) is 49.9 Å². The normalized spacial score (nSPS) is 36.4. The van der Waals surface area contributed by atoms with Crippen LogP contribution < -0.4 is 4.90 Å². The number of benzene rings is 1. The molecule has 116 valence electrons. The second-order valence-corrected chi connectivity index (χ2v) is 7.63. The van der Waals surface area contributed by atoms with E-state index in [4.69, 9.17) is 0 Å². The first kappa shape index (κ1) is 14.9. The number of nitrogens with zero attached hydrogens (tertiary/aromatic N) is 1. The molecule has 1 aliphatic carbocycles. The van der Waals surface area contributed by atoms with E-state index >= 15 is 0 Å². The minimum absolute atomic E-state index is 0.131. The monoisotopic (exact) mass is 287 g/mol. The molecule has 1 heterocycles. The first-order chi connectivity index (χ1) is 10.0. The lowest BCUT2D eigenvalue weighted by molar-refractivity contribution is 0.0196. The lowest BCUT2D eigenvalue weighted by Crippen LogP contribution is -2.45. The number of para-hydroxylation sites is 1. The second-order valence-electron chi connectivity index (χ2n) is 7.63. The fourth-order valence-corrected chi connectivity index (χ4v) is 4.51. The van der Waals surface area contributed by atoms with E-state index in [1.165, 1.54) is 24.1 Å². The molecule has 5 atom stereocenters. The van der Waals surface area contributed by atoms with Crippen LogP contribution in [0.1, 0.15) is 39.2 Å². The van der Waals surface area contributed by atoms with Crippen LogP contribution in [0.5, 0.6) is 0 Å². The van der Waals surface area contributed by atoms with Gasteiger partial charge < -0.3 is 10.0 Å². The highest BCUT2D eigenvalue weighted by atomic mass is 16.3. The molecule has 2 heteroatoms. The van der Waals surface area contributed by atoms with Gasteiger partial charge in [0.05, 0.1) is 6.10 Å². The summed E-state index contributed by atoms with van der Waals surface area (Å²) in [4.78, 5) is 2.53. The molecule has 2 nitrogen and oxygen atoms in total. The minimum Gasteiger partial charge on any atom is -0.393 e. The van der Waals surface area contributed by atoms with Crippen molar-refractivity contribution in [2.24, 2.45) is 23.7 Å². The maximum absolute atomic E-state index is 10.5. The molecule has 5 unspecified atom stereocenters. The van der Waals surface area contributed by atoms with Gasteiger partial charge in [-0.15, -0.1) is 0 Å². The summed E-state index contributed by atoms with van der Waals surface area (Å²) in [6.45, 7) is 9.07. The van der Waals surface area contributed by atoms with Gasteiger partial charge in [0.2, 0.25) is 0 Å². The van der Waals surface area contributed by atoms with Gasteiger partial charge in [-0.25, -0.2) is 0 Å². The number of anilines is 1. The summed E-state index contributed by atoms with van der Waals surface area (Å²) in [5.41, 5.74) is 2.87. The number of hydrogen-bond acceptors (Lipinski definition) is 2. The minimum atomic E-state index is -0.131. The van der Waals surface area contributed by atoms with Gasteiger partial charge in [0.1, 0.15) is 0 Å². The Bertz CT molecular complexity index is 474. The molecule has 1 aliphatic heterocycles. The maximum atomic E-state index is 10.5. The number of fused-ring (bicyclic) bond motifs is 1. The zero-order valence-electron chi connectivity index (χ0n) is 13.6. The summed E-state index contributed by atoms with van der Waals surface area (Å²) >= 11 is 0. The van der Waals surface area contributed by atoms with Crippen LogP contribution in [0, 0.1) is 23.7 Å². The van der Waals surface area contributed by atoms with Crippen LogP contribution in [0.3, 0.4) is 0 Å². The van der Waals surface area contributed by atoms with E-state index in [1.54, 1.807) is 0 Å². The summed E-state index contributed by atoms with van der Waals surface area (Å²) in [6.07, 6.45) is 3.28. The lowest BCUT2D eigenvalue weighted by Gasteiger charge is -2.43. The molecule has 1 saturated carbocycles. The molecule has 0 radical (unpaired) electrons. The number of aliphatic hydroxyl groups excluding tert-OH is 1. The van der Waals surface area contributed by atoms with E-state index in [0.29, 0.717) is 23.7 Å². The number of hydrogen-bond donors (Lipinski definition) is 1. The third-order valence-electron chi connectivity index (χ3n) is 5.51. The summed E-state index contributed by atoms with van der Waals surface area (Å²) in [5, 5.41) is 10.5. The molecule has 1 fully saturated rings. The SMILES string of the molecule is CC1CC(C)C(CN2CC(C)Cc3ccccc32)C(O)C1. The smallest absolute Gasteiger partial charge is 0.0590 e. The highest BCUT2D eigenvalue weighted by molar-refractivity contribution is 5.55. The van der Waals surface area contributed by atoms with E-state index in [-0.39, 0.29) is 6.10 Å². The van der Waals surface area contributed by atoms with Crippen molar-refractivity contribution in [1.82, 2.24) is 0 Å². The average Bonchev–Trinajstić information content (AvgIpc) is 2.42. The van der Waals surface area contributed by atoms with E-state index < -0.39 is 0 Å². The predicted molar refractivity (Wildman–Crippen MR) is 88.6 cm³/mol. The van der Waals surface area contributed by atoms with Crippen molar-refractivity contribution < 1.29 is 5.11 Å². The van der Waals surface area contributed by atoms with Crippen molar-refractivity contribution in [3.63, 3.8) is 0 Å². The standard InChI is InChI=1S/C19H29NO/c1-13-8-15(3)17(19(21)10-13)12-20-11-14(2)9-16-6-4-5-7-18(16)20/h4-7,13-15,17,19,21H,8-12H2,1-3H3. The van der Waals surface area contributed by atoms with Crippen LogP contribution in [-0.2, 0) is 6.42 Å². The Morgan fingerprint density at radius 3 is 2.62 bits per heavy atom. The van der Waals surface area contributed by atoms with Crippen LogP contribution >= 0.6 is 0 Å². The van der Waals surface area contributed by atoms with Gasteiger partial charge in [-0.05, 0) is 48.6 Å². The van der Waals surface area contributed by atoms with E-state index in [1.807, 2.05) is 0 Å². The summed E-state index contributed by atoms with van der Waals surface area (Å²) in [5.74, 6) is 2.40. The molecule has 1 aromatic rings. The van der Waals surface area contributed by atoms with Crippen molar-refractivity contribution in [1.29, 1.82) is 0 Å². The molecule has 0 spiro atoms. The van der Waals surface area contributed by atoms with E-state index in [9.17, 15) is 5.11 Å². The maximum Gasteiger partial charge on any atom is 0.0590 e. The zero-order chi connectivity index (χ0) is 15.0. The third-order valence-corrected chi connectivity index (χ3v) is 5.51. The molecular formula is C19H29NO. The molecule has 0 saturated heterocycles. The van der Waals surface area contributed by atoms with Crippen LogP contribution in [0.2, 0.25) is 0 Å². The molecule has 3 rings (SSSR count).